The Bertz CT molecular complexity index is 3210. The predicted octanol–water partition coefficient (Wildman–Crippen LogP) is 14.5. The average molecular weight is 748 g/mol. The van der Waals surface area contributed by atoms with Crippen LogP contribution in [-0.2, 0) is 0 Å². The van der Waals surface area contributed by atoms with E-state index in [0.29, 0.717) is 5.82 Å². The number of para-hydroxylation sites is 3. The number of hydrogen-bond donors (Lipinski definition) is 0. The summed E-state index contributed by atoms with van der Waals surface area (Å²) >= 11 is 0. The van der Waals surface area contributed by atoms with Crippen molar-refractivity contribution in [1.29, 1.82) is 0 Å². The van der Waals surface area contributed by atoms with Crippen molar-refractivity contribution >= 4 is 45.1 Å². The van der Waals surface area contributed by atoms with Crippen LogP contribution in [0.25, 0.3) is 112 Å². The molecule has 0 bridgehead atoms. The molecule has 0 unspecified atom stereocenters. The Labute approximate surface area is 336 Å². The molecular formula is C53H37N3O2. The second-order valence-electron chi connectivity index (χ2n) is 14.4. The summed E-state index contributed by atoms with van der Waals surface area (Å²) < 4.78 is 13.2. The Balaban J connectivity index is 1.21. The van der Waals surface area contributed by atoms with E-state index in [9.17, 15) is 0 Å². The predicted molar refractivity (Wildman–Crippen MR) is 239 cm³/mol. The number of rotatable bonds is 8. The van der Waals surface area contributed by atoms with Gasteiger partial charge in [0.15, 0.2) is 5.82 Å². The van der Waals surface area contributed by atoms with Crippen molar-refractivity contribution in [3.8, 4) is 67.3 Å². The number of furan rings is 2. The molecule has 0 amide bonds. The van der Waals surface area contributed by atoms with E-state index in [0.717, 1.165) is 106 Å². The maximum absolute atomic E-state index is 6.61. The van der Waals surface area contributed by atoms with Gasteiger partial charge < -0.3 is 8.83 Å². The van der Waals surface area contributed by atoms with Gasteiger partial charge in [-0.05, 0) is 78.6 Å². The van der Waals surface area contributed by atoms with Crippen molar-refractivity contribution in [2.24, 2.45) is 0 Å². The van der Waals surface area contributed by atoms with Gasteiger partial charge in [-0.1, -0.05) is 128 Å². The first kappa shape index (κ1) is 34.8. The molecule has 4 aromatic heterocycles. The van der Waals surface area contributed by atoms with Crippen molar-refractivity contribution in [2.75, 3.05) is 0 Å². The highest BCUT2D eigenvalue weighted by atomic mass is 16.3. The molecule has 5 nitrogen and oxygen atoms in total. The zero-order valence-corrected chi connectivity index (χ0v) is 32.1. The largest absolute Gasteiger partial charge is 0.455 e. The first-order valence-corrected chi connectivity index (χ1v) is 19.4. The summed E-state index contributed by atoms with van der Waals surface area (Å²) in [6.07, 6.45) is 9.58. The monoisotopic (exact) mass is 747 g/mol. The third kappa shape index (κ3) is 6.10. The number of fused-ring (bicyclic) bond motifs is 4. The van der Waals surface area contributed by atoms with Gasteiger partial charge in [0.05, 0.1) is 11.4 Å². The number of aryl methyl sites for hydroxylation is 1. The lowest BCUT2D eigenvalue weighted by atomic mass is 9.93. The molecule has 4 heterocycles. The maximum Gasteiger partial charge on any atom is 0.160 e. The average Bonchev–Trinajstić information content (AvgIpc) is 3.84. The summed E-state index contributed by atoms with van der Waals surface area (Å²) in [6, 6.07) is 50.3. The number of hydrogen-bond acceptors (Lipinski definition) is 5. The molecule has 276 valence electrons. The maximum atomic E-state index is 6.61. The molecule has 0 N–H and O–H groups in total. The lowest BCUT2D eigenvalue weighted by Crippen LogP contribution is -1.97. The lowest BCUT2D eigenvalue weighted by Gasteiger charge is -2.14. The van der Waals surface area contributed by atoms with Crippen LogP contribution < -0.4 is 0 Å². The topological polar surface area (TPSA) is 65.0 Å². The summed E-state index contributed by atoms with van der Waals surface area (Å²) in [5.74, 6) is 1.41. The molecule has 0 radical (unpaired) electrons. The van der Waals surface area contributed by atoms with Crippen LogP contribution in [0.2, 0.25) is 0 Å². The Hall–Kier alpha value is -7.63. The van der Waals surface area contributed by atoms with Gasteiger partial charge in [-0.2, -0.15) is 0 Å². The van der Waals surface area contributed by atoms with Crippen LogP contribution in [0.4, 0.5) is 0 Å². The van der Waals surface area contributed by atoms with E-state index in [-0.39, 0.29) is 0 Å². The minimum Gasteiger partial charge on any atom is -0.455 e. The zero-order valence-electron chi connectivity index (χ0n) is 32.1. The highest BCUT2D eigenvalue weighted by Gasteiger charge is 2.20. The number of nitrogens with zero attached hydrogens (tertiary/aromatic N) is 3. The highest BCUT2D eigenvalue weighted by molar-refractivity contribution is 6.10. The number of pyridine rings is 1. The summed E-state index contributed by atoms with van der Waals surface area (Å²) in [7, 11) is 0. The van der Waals surface area contributed by atoms with Crippen LogP contribution in [0.15, 0.2) is 179 Å². The van der Waals surface area contributed by atoms with Gasteiger partial charge >= 0.3 is 0 Å². The van der Waals surface area contributed by atoms with Crippen LogP contribution >= 0.6 is 0 Å². The van der Waals surface area contributed by atoms with E-state index < -0.39 is 0 Å². The van der Waals surface area contributed by atoms with E-state index in [4.69, 9.17) is 18.8 Å². The van der Waals surface area contributed by atoms with Crippen molar-refractivity contribution in [3.63, 3.8) is 0 Å². The van der Waals surface area contributed by atoms with Crippen molar-refractivity contribution in [1.82, 2.24) is 15.0 Å². The van der Waals surface area contributed by atoms with Crippen LogP contribution in [0.3, 0.4) is 0 Å². The fraction of sp³-hybridized carbons (Fsp3) is 0.0377. The van der Waals surface area contributed by atoms with E-state index in [1.54, 1.807) is 0 Å². The third-order valence-corrected chi connectivity index (χ3v) is 10.8. The molecule has 58 heavy (non-hydrogen) atoms. The first-order chi connectivity index (χ1) is 28.6. The van der Waals surface area contributed by atoms with Gasteiger partial charge in [-0.25, -0.2) is 9.97 Å². The summed E-state index contributed by atoms with van der Waals surface area (Å²) in [6.45, 7) is 8.22. The zero-order chi connectivity index (χ0) is 39.2. The van der Waals surface area contributed by atoms with Gasteiger partial charge in [0.1, 0.15) is 22.5 Å². The smallest absolute Gasteiger partial charge is 0.160 e. The van der Waals surface area contributed by atoms with Gasteiger partial charge in [-0.3, -0.25) is 4.98 Å². The van der Waals surface area contributed by atoms with E-state index in [1.807, 2.05) is 73.9 Å². The molecule has 0 saturated carbocycles. The van der Waals surface area contributed by atoms with Gasteiger partial charge in [0, 0.05) is 67.5 Å². The van der Waals surface area contributed by atoms with Crippen LogP contribution in [0.5, 0.6) is 0 Å². The number of benzene rings is 6. The molecule has 0 atom stereocenters. The van der Waals surface area contributed by atoms with Crippen molar-refractivity contribution in [2.45, 2.75) is 13.8 Å². The molecule has 5 heteroatoms. The van der Waals surface area contributed by atoms with Crippen LogP contribution in [0.1, 0.15) is 23.8 Å². The molecule has 0 aliphatic carbocycles. The summed E-state index contributed by atoms with van der Waals surface area (Å²) in [5, 5.41) is 3.16. The van der Waals surface area contributed by atoms with Crippen LogP contribution in [-0.4, -0.2) is 15.0 Å². The van der Waals surface area contributed by atoms with Gasteiger partial charge in [0.25, 0.3) is 0 Å². The van der Waals surface area contributed by atoms with E-state index in [2.05, 4.69) is 128 Å². The van der Waals surface area contributed by atoms with E-state index >= 15 is 0 Å². The number of allylic oxidation sites excluding steroid dienone is 1. The van der Waals surface area contributed by atoms with Crippen LogP contribution in [0, 0.1) is 6.92 Å². The Morgan fingerprint density at radius 2 is 1.17 bits per heavy atom. The van der Waals surface area contributed by atoms with Gasteiger partial charge in [-0.15, -0.1) is 0 Å². The first-order valence-electron chi connectivity index (χ1n) is 19.4. The molecule has 0 aliphatic heterocycles. The third-order valence-electron chi connectivity index (χ3n) is 10.8. The Morgan fingerprint density at radius 3 is 1.90 bits per heavy atom. The summed E-state index contributed by atoms with van der Waals surface area (Å²) in [5.41, 5.74) is 15.3. The molecule has 10 aromatic rings. The minimum atomic E-state index is 0.636. The molecule has 0 fully saturated rings. The molecule has 0 spiro atoms. The minimum absolute atomic E-state index is 0.636. The molecule has 0 aliphatic rings. The lowest BCUT2D eigenvalue weighted by molar-refractivity contribution is 0.604. The van der Waals surface area contributed by atoms with Crippen molar-refractivity contribution < 1.29 is 8.83 Å². The Kier molecular flexibility index (Phi) is 8.68. The summed E-state index contributed by atoms with van der Waals surface area (Å²) in [4.78, 5) is 14.8. The normalized spacial score (nSPS) is 11.6. The fourth-order valence-corrected chi connectivity index (χ4v) is 7.98. The second kappa shape index (κ2) is 14.5. The van der Waals surface area contributed by atoms with E-state index in [1.165, 1.54) is 5.56 Å². The standard InChI is InChI=1S/C53H37N3O2/c1-4-13-49-40(5-2)44-19-11-17-41(51(44)57-49)37-28-38(42-18-12-20-45-43-16-9-10-21-50(43)58-52(42)45)30-39(29-37)48-31-47(35-14-7-6-8-15-35)55-53(56-48)36-24-22-34(23-25-36)46-32-54-27-26-33(46)3/h4-32H,2H2,1,3H3/b13-4-. The Morgan fingerprint density at radius 1 is 0.534 bits per heavy atom. The quantitative estimate of drug-likeness (QED) is 0.155. The molecule has 10 rings (SSSR count). The molecule has 6 aromatic carbocycles. The number of aromatic nitrogens is 3. The SMILES string of the molecule is C=Cc1c(/C=C\C)oc2c(-c3cc(-c4cc(-c5ccccc5)nc(-c5ccc(-c6cnccc6C)cc5)n4)cc(-c4cccc5c4oc4ccccc45)c3)cccc12. The molecular weight excluding hydrogens is 711 g/mol. The van der Waals surface area contributed by atoms with Gasteiger partial charge in [0.2, 0.25) is 0 Å². The fourth-order valence-electron chi connectivity index (χ4n) is 7.98. The highest BCUT2D eigenvalue weighted by Crippen LogP contribution is 2.42. The van der Waals surface area contributed by atoms with Crippen molar-refractivity contribution in [3.05, 3.63) is 188 Å². The second-order valence-corrected chi connectivity index (χ2v) is 14.4. The molecule has 0 saturated heterocycles.